The van der Waals surface area contributed by atoms with Crippen LogP contribution in [0.2, 0.25) is 18.1 Å². The van der Waals surface area contributed by atoms with Gasteiger partial charge in [0.1, 0.15) is 0 Å². The lowest BCUT2D eigenvalue weighted by Gasteiger charge is -2.42. The lowest BCUT2D eigenvalue weighted by molar-refractivity contribution is -0.0980. The van der Waals surface area contributed by atoms with E-state index in [1.165, 1.54) is 12.1 Å². The third-order valence-electron chi connectivity index (χ3n) is 7.47. The highest BCUT2D eigenvalue weighted by molar-refractivity contribution is 7.92. The number of alkyl halides is 2. The first-order valence-electron chi connectivity index (χ1n) is 13.0. The van der Waals surface area contributed by atoms with E-state index in [2.05, 4.69) is 0 Å². The van der Waals surface area contributed by atoms with Gasteiger partial charge in [-0.2, -0.15) is 8.78 Å². The van der Waals surface area contributed by atoms with Crippen molar-refractivity contribution in [3.63, 3.8) is 0 Å². The third-order valence-corrected chi connectivity index (χ3v) is 13.8. The Balaban J connectivity index is 2.08. The van der Waals surface area contributed by atoms with Crippen LogP contribution in [0.1, 0.15) is 31.9 Å². The molecule has 0 fully saturated rings. The van der Waals surface area contributed by atoms with Gasteiger partial charge in [0.15, 0.2) is 14.4 Å². The van der Waals surface area contributed by atoms with Crippen molar-refractivity contribution in [3.05, 3.63) is 102 Å². The Labute approximate surface area is 232 Å². The number of nitrogens with zero attached hydrogens (tertiary/aromatic N) is 1. The minimum Gasteiger partial charge on any atom is -0.415 e. The molecule has 5 nitrogen and oxygen atoms in total. The van der Waals surface area contributed by atoms with Crippen LogP contribution in [0, 0.1) is 0 Å². The van der Waals surface area contributed by atoms with Crippen LogP contribution in [-0.4, -0.2) is 50.7 Å². The van der Waals surface area contributed by atoms with E-state index in [0.717, 1.165) is 23.3 Å². The fourth-order valence-electron chi connectivity index (χ4n) is 3.97. The summed E-state index contributed by atoms with van der Waals surface area (Å²) in [4.78, 5) is 1.15. The monoisotopic (exact) mass is 575 g/mol. The first-order valence-corrected chi connectivity index (χ1v) is 17.4. The molecule has 0 heterocycles. The summed E-state index contributed by atoms with van der Waals surface area (Å²) < 4.78 is 64.5. The van der Waals surface area contributed by atoms with Crippen LogP contribution in [0.15, 0.2) is 95.9 Å². The van der Waals surface area contributed by atoms with E-state index < -0.39 is 40.5 Å². The van der Waals surface area contributed by atoms with Gasteiger partial charge in [-0.15, -0.1) is 0 Å². The maximum absolute atomic E-state index is 15.9. The average Bonchev–Trinajstić information content (AvgIpc) is 2.89. The summed E-state index contributed by atoms with van der Waals surface area (Å²) >= 11 is 0. The van der Waals surface area contributed by atoms with Crippen molar-refractivity contribution < 1.29 is 26.7 Å². The third kappa shape index (κ3) is 7.40. The van der Waals surface area contributed by atoms with Crippen LogP contribution in [-0.2, 0) is 27.4 Å². The standard InChI is InChI=1S/C30H39F2NO4SSi/c1-29(2,3)39(4,5)37-23-27(28(34)30(31,32)38(35,36)26-19-13-8-14-20-26)33(21-24-15-9-6-10-16-24)22-25-17-11-7-12-18-25/h6-20,27-28,34H,21-23H2,1-5H3/t27-,28+/m0/s1. The van der Waals surface area contributed by atoms with Gasteiger partial charge in [0.05, 0.1) is 17.5 Å². The lowest BCUT2D eigenvalue weighted by atomic mass is 10.1. The van der Waals surface area contributed by atoms with E-state index in [0.29, 0.717) is 0 Å². The van der Waals surface area contributed by atoms with E-state index in [1.807, 2.05) is 94.5 Å². The smallest absolute Gasteiger partial charge is 0.376 e. The minimum atomic E-state index is -5.20. The Morgan fingerprint density at radius 3 is 1.64 bits per heavy atom. The normalized spacial score (nSPS) is 14.8. The summed E-state index contributed by atoms with van der Waals surface area (Å²) in [6.07, 6.45) is -2.56. The largest absolute Gasteiger partial charge is 0.415 e. The molecule has 212 valence electrons. The van der Waals surface area contributed by atoms with E-state index in [9.17, 15) is 13.5 Å². The van der Waals surface area contributed by atoms with E-state index in [1.54, 1.807) is 11.0 Å². The van der Waals surface area contributed by atoms with Gasteiger partial charge in [0.2, 0.25) is 9.84 Å². The van der Waals surface area contributed by atoms with Gasteiger partial charge >= 0.3 is 5.25 Å². The minimum absolute atomic E-state index is 0.208. The zero-order valence-electron chi connectivity index (χ0n) is 23.2. The predicted octanol–water partition coefficient (Wildman–Crippen LogP) is 6.51. The molecule has 3 aromatic carbocycles. The van der Waals surface area contributed by atoms with E-state index >= 15 is 8.78 Å². The van der Waals surface area contributed by atoms with Gasteiger partial charge in [0, 0.05) is 13.1 Å². The molecule has 3 rings (SSSR count). The molecule has 0 saturated heterocycles. The number of sulfone groups is 1. The Kier molecular flexibility index (Phi) is 9.88. The van der Waals surface area contributed by atoms with Crippen molar-refractivity contribution in [1.29, 1.82) is 0 Å². The summed E-state index contributed by atoms with van der Waals surface area (Å²) in [5.74, 6) is 0. The number of halogens is 2. The van der Waals surface area contributed by atoms with Crippen molar-refractivity contribution >= 4 is 18.2 Å². The molecule has 0 bridgehead atoms. The first-order chi connectivity index (χ1) is 18.2. The molecule has 0 radical (unpaired) electrons. The molecule has 0 aliphatic heterocycles. The van der Waals surface area contributed by atoms with Crippen molar-refractivity contribution in [1.82, 2.24) is 4.90 Å². The van der Waals surface area contributed by atoms with Gasteiger partial charge in [-0.05, 0) is 41.4 Å². The molecule has 0 amide bonds. The summed E-state index contributed by atoms with van der Waals surface area (Å²) in [5.41, 5.74) is 1.68. The van der Waals surface area contributed by atoms with E-state index in [-0.39, 0.29) is 24.7 Å². The molecule has 3 aromatic rings. The fourth-order valence-corrected chi connectivity index (χ4v) is 6.30. The second-order valence-corrected chi connectivity index (χ2v) is 18.2. The molecule has 0 aliphatic rings. The highest BCUT2D eigenvalue weighted by atomic mass is 32.2. The number of aliphatic hydroxyl groups excluding tert-OH is 1. The van der Waals surface area contributed by atoms with Gasteiger partial charge in [0.25, 0.3) is 0 Å². The Morgan fingerprint density at radius 2 is 1.23 bits per heavy atom. The number of hydrogen-bond donors (Lipinski definition) is 1. The van der Waals surface area contributed by atoms with Crippen LogP contribution in [0.3, 0.4) is 0 Å². The Hall–Kier alpha value is -2.43. The van der Waals surface area contributed by atoms with Crippen molar-refractivity contribution in [2.45, 2.75) is 74.3 Å². The molecule has 0 aromatic heterocycles. The molecule has 39 heavy (non-hydrogen) atoms. The molecule has 0 unspecified atom stereocenters. The number of rotatable bonds is 12. The maximum atomic E-state index is 15.9. The molecule has 2 atom stereocenters. The summed E-state index contributed by atoms with van der Waals surface area (Å²) in [6, 6.07) is 23.8. The molecule has 9 heteroatoms. The van der Waals surface area contributed by atoms with Crippen molar-refractivity contribution in [3.8, 4) is 0 Å². The van der Waals surface area contributed by atoms with Crippen LogP contribution >= 0.6 is 0 Å². The molecule has 0 spiro atoms. The van der Waals surface area contributed by atoms with Crippen LogP contribution < -0.4 is 0 Å². The van der Waals surface area contributed by atoms with E-state index in [4.69, 9.17) is 4.43 Å². The average molecular weight is 576 g/mol. The predicted molar refractivity (Wildman–Crippen MR) is 154 cm³/mol. The summed E-state index contributed by atoms with van der Waals surface area (Å²) in [7, 11) is -7.64. The second-order valence-electron chi connectivity index (χ2n) is 11.3. The lowest BCUT2D eigenvalue weighted by Crippen LogP contribution is -2.57. The molecule has 1 N–H and O–H groups in total. The number of benzene rings is 3. The Bertz CT molecular complexity index is 1240. The fraction of sp³-hybridized carbons (Fsp3) is 0.400. The number of hydrogen-bond acceptors (Lipinski definition) is 5. The summed E-state index contributed by atoms with van der Waals surface area (Å²) in [5, 5.41) is 6.64. The zero-order chi connectivity index (χ0) is 28.9. The second kappa shape index (κ2) is 12.4. The quantitative estimate of drug-likeness (QED) is 0.250. The SMILES string of the molecule is CC(C)(C)[Si](C)(C)OC[C@@H]([C@@H](O)C(F)(F)S(=O)(=O)c1ccccc1)N(Cc1ccccc1)Cc1ccccc1. The van der Waals surface area contributed by atoms with Gasteiger partial charge in [-0.25, -0.2) is 8.42 Å². The zero-order valence-corrected chi connectivity index (χ0v) is 25.0. The highest BCUT2D eigenvalue weighted by Gasteiger charge is 2.56. The Morgan fingerprint density at radius 1 is 0.821 bits per heavy atom. The molecule has 0 aliphatic carbocycles. The van der Waals surface area contributed by atoms with Gasteiger partial charge in [-0.3, -0.25) is 4.90 Å². The first kappa shape index (κ1) is 31.1. The maximum Gasteiger partial charge on any atom is 0.376 e. The summed E-state index contributed by atoms with van der Waals surface area (Å²) in [6.45, 7) is 10.2. The van der Waals surface area contributed by atoms with Crippen molar-refractivity contribution in [2.24, 2.45) is 0 Å². The molecular weight excluding hydrogens is 536 g/mol. The van der Waals surface area contributed by atoms with Gasteiger partial charge in [-0.1, -0.05) is 99.6 Å². The van der Waals surface area contributed by atoms with Crippen LogP contribution in [0.25, 0.3) is 0 Å². The highest BCUT2D eigenvalue weighted by Crippen LogP contribution is 2.39. The van der Waals surface area contributed by atoms with Gasteiger partial charge < -0.3 is 9.53 Å². The van der Waals surface area contributed by atoms with Crippen LogP contribution in [0.5, 0.6) is 0 Å². The molecule has 0 saturated carbocycles. The molecular formula is C30H39F2NO4SSi. The van der Waals surface area contributed by atoms with Crippen molar-refractivity contribution in [2.75, 3.05) is 6.61 Å². The topological polar surface area (TPSA) is 66.8 Å². The number of aliphatic hydroxyl groups is 1. The van der Waals surface area contributed by atoms with Crippen LogP contribution in [0.4, 0.5) is 8.78 Å².